The van der Waals surface area contributed by atoms with Gasteiger partial charge in [-0.3, -0.25) is 14.6 Å². The van der Waals surface area contributed by atoms with Crippen molar-refractivity contribution in [3.63, 3.8) is 0 Å². The predicted molar refractivity (Wildman–Crippen MR) is 82.2 cm³/mol. The Kier molecular flexibility index (Phi) is 5.85. The van der Waals surface area contributed by atoms with Gasteiger partial charge in [0.05, 0.1) is 6.54 Å². The van der Waals surface area contributed by atoms with Gasteiger partial charge in [0.2, 0.25) is 0 Å². The SMILES string of the molecule is CN(C)CCN1CCN(CC(=O)c2ccc(F)cc2)CC1. The van der Waals surface area contributed by atoms with Crippen LogP contribution >= 0.6 is 0 Å². The van der Waals surface area contributed by atoms with Crippen LogP contribution in [0, 0.1) is 5.82 Å². The van der Waals surface area contributed by atoms with Crippen LogP contribution in [0.1, 0.15) is 10.4 Å². The number of likely N-dealkylation sites (N-methyl/N-ethyl adjacent to an activating group) is 1. The molecule has 2 rings (SSSR count). The highest BCUT2D eigenvalue weighted by Gasteiger charge is 2.19. The highest BCUT2D eigenvalue weighted by atomic mass is 19.1. The normalized spacial score (nSPS) is 17.3. The van der Waals surface area contributed by atoms with Crippen molar-refractivity contribution in [2.24, 2.45) is 0 Å². The Hall–Kier alpha value is -1.30. The first-order valence-corrected chi connectivity index (χ1v) is 7.43. The summed E-state index contributed by atoms with van der Waals surface area (Å²) >= 11 is 0. The van der Waals surface area contributed by atoms with Crippen LogP contribution < -0.4 is 0 Å². The molecule has 4 nitrogen and oxygen atoms in total. The lowest BCUT2D eigenvalue weighted by Crippen LogP contribution is -2.49. The molecule has 1 aromatic rings. The van der Waals surface area contributed by atoms with Gasteiger partial charge in [-0.1, -0.05) is 0 Å². The molecule has 0 spiro atoms. The molecule has 1 aromatic carbocycles. The Morgan fingerprint density at radius 3 is 2.24 bits per heavy atom. The van der Waals surface area contributed by atoms with Gasteiger partial charge in [0.15, 0.2) is 5.78 Å². The number of halogens is 1. The third kappa shape index (κ3) is 5.19. The number of hydrogen-bond donors (Lipinski definition) is 0. The van der Waals surface area contributed by atoms with E-state index in [-0.39, 0.29) is 11.6 Å². The number of hydrogen-bond acceptors (Lipinski definition) is 4. The molecule has 0 radical (unpaired) electrons. The monoisotopic (exact) mass is 293 g/mol. The van der Waals surface area contributed by atoms with Crippen molar-refractivity contribution in [1.82, 2.24) is 14.7 Å². The molecule has 116 valence electrons. The lowest BCUT2D eigenvalue weighted by Gasteiger charge is -2.34. The molecule has 0 amide bonds. The maximum atomic E-state index is 12.9. The van der Waals surface area contributed by atoms with Crippen LogP contribution in [0.15, 0.2) is 24.3 Å². The van der Waals surface area contributed by atoms with Gasteiger partial charge in [-0.2, -0.15) is 0 Å². The van der Waals surface area contributed by atoms with E-state index >= 15 is 0 Å². The maximum Gasteiger partial charge on any atom is 0.176 e. The van der Waals surface area contributed by atoms with Crippen LogP contribution in [0.3, 0.4) is 0 Å². The van der Waals surface area contributed by atoms with Gasteiger partial charge in [-0.05, 0) is 38.4 Å². The zero-order chi connectivity index (χ0) is 15.2. The number of Topliss-reactive ketones (excluding diaryl/α,β-unsaturated/α-hetero) is 1. The fraction of sp³-hybridized carbons (Fsp3) is 0.562. The first kappa shape index (κ1) is 16.1. The van der Waals surface area contributed by atoms with Crippen LogP contribution in [0.2, 0.25) is 0 Å². The van der Waals surface area contributed by atoms with E-state index in [1.165, 1.54) is 12.1 Å². The second kappa shape index (κ2) is 7.64. The third-order valence-electron chi connectivity index (χ3n) is 3.86. The van der Waals surface area contributed by atoms with E-state index in [1.807, 2.05) is 0 Å². The molecule has 1 fully saturated rings. The Labute approximate surface area is 126 Å². The summed E-state index contributed by atoms with van der Waals surface area (Å²) < 4.78 is 12.9. The van der Waals surface area contributed by atoms with Gasteiger partial charge in [0, 0.05) is 44.8 Å². The second-order valence-corrected chi connectivity index (χ2v) is 5.85. The van der Waals surface area contributed by atoms with Gasteiger partial charge >= 0.3 is 0 Å². The van der Waals surface area contributed by atoms with Crippen molar-refractivity contribution < 1.29 is 9.18 Å². The van der Waals surface area contributed by atoms with Crippen molar-refractivity contribution >= 4 is 5.78 Å². The highest BCUT2D eigenvalue weighted by Crippen LogP contribution is 2.07. The molecule has 0 N–H and O–H groups in total. The van der Waals surface area contributed by atoms with Crippen molar-refractivity contribution in [3.05, 3.63) is 35.6 Å². The van der Waals surface area contributed by atoms with Gasteiger partial charge in [0.1, 0.15) is 5.82 Å². The van der Waals surface area contributed by atoms with E-state index in [9.17, 15) is 9.18 Å². The molecule has 0 unspecified atom stereocenters. The fourth-order valence-electron chi connectivity index (χ4n) is 2.44. The van der Waals surface area contributed by atoms with Crippen molar-refractivity contribution in [3.8, 4) is 0 Å². The van der Waals surface area contributed by atoms with E-state index in [2.05, 4.69) is 28.8 Å². The first-order chi connectivity index (χ1) is 10.0. The Morgan fingerprint density at radius 1 is 1.10 bits per heavy atom. The molecule has 0 atom stereocenters. The van der Waals surface area contributed by atoms with Gasteiger partial charge in [-0.25, -0.2) is 4.39 Å². The summed E-state index contributed by atoms with van der Waals surface area (Å²) in [6.45, 7) is 6.41. The fourth-order valence-corrected chi connectivity index (χ4v) is 2.44. The van der Waals surface area contributed by atoms with Crippen LogP contribution in [0.4, 0.5) is 4.39 Å². The zero-order valence-corrected chi connectivity index (χ0v) is 12.9. The van der Waals surface area contributed by atoms with Crippen LogP contribution in [0.5, 0.6) is 0 Å². The molecule has 21 heavy (non-hydrogen) atoms. The van der Waals surface area contributed by atoms with Crippen LogP contribution in [-0.4, -0.2) is 80.4 Å². The minimum Gasteiger partial charge on any atom is -0.308 e. The lowest BCUT2D eigenvalue weighted by atomic mass is 10.1. The smallest absolute Gasteiger partial charge is 0.176 e. The average molecular weight is 293 g/mol. The van der Waals surface area contributed by atoms with Crippen molar-refractivity contribution in [2.45, 2.75) is 0 Å². The highest BCUT2D eigenvalue weighted by molar-refractivity contribution is 5.97. The number of piperazine rings is 1. The van der Waals surface area contributed by atoms with Gasteiger partial charge in [-0.15, -0.1) is 0 Å². The van der Waals surface area contributed by atoms with E-state index in [0.29, 0.717) is 12.1 Å². The van der Waals surface area contributed by atoms with Crippen LogP contribution in [-0.2, 0) is 0 Å². The third-order valence-corrected chi connectivity index (χ3v) is 3.86. The van der Waals surface area contributed by atoms with Crippen molar-refractivity contribution in [2.75, 3.05) is 59.9 Å². The van der Waals surface area contributed by atoms with E-state index in [0.717, 1.165) is 39.3 Å². The summed E-state index contributed by atoms with van der Waals surface area (Å²) in [6.07, 6.45) is 0. The summed E-state index contributed by atoms with van der Waals surface area (Å²) in [7, 11) is 4.16. The Morgan fingerprint density at radius 2 is 1.67 bits per heavy atom. The Balaban J connectivity index is 1.75. The van der Waals surface area contributed by atoms with Crippen molar-refractivity contribution in [1.29, 1.82) is 0 Å². The summed E-state index contributed by atoms with van der Waals surface area (Å²) in [4.78, 5) is 18.9. The molecule has 1 heterocycles. The number of ketones is 1. The van der Waals surface area contributed by atoms with E-state index in [1.54, 1.807) is 12.1 Å². The predicted octanol–water partition coefficient (Wildman–Crippen LogP) is 1.19. The molecule has 1 aliphatic heterocycles. The quantitative estimate of drug-likeness (QED) is 0.736. The standard InChI is InChI=1S/C16H24FN3O/c1-18(2)7-8-19-9-11-20(12-10-19)13-16(21)14-3-5-15(17)6-4-14/h3-6H,7-13H2,1-2H3. The molecule has 0 bridgehead atoms. The largest absolute Gasteiger partial charge is 0.308 e. The molecule has 5 heteroatoms. The Bertz CT molecular complexity index is 453. The van der Waals surface area contributed by atoms with Crippen LogP contribution in [0.25, 0.3) is 0 Å². The van der Waals surface area contributed by atoms with E-state index < -0.39 is 0 Å². The topological polar surface area (TPSA) is 26.8 Å². The summed E-state index contributed by atoms with van der Waals surface area (Å²) in [5, 5.41) is 0. The number of carbonyl (C=O) groups is 1. The minimum atomic E-state index is -0.305. The van der Waals surface area contributed by atoms with E-state index in [4.69, 9.17) is 0 Å². The molecular weight excluding hydrogens is 269 g/mol. The first-order valence-electron chi connectivity index (χ1n) is 7.43. The second-order valence-electron chi connectivity index (χ2n) is 5.85. The maximum absolute atomic E-state index is 12.9. The molecule has 0 aromatic heterocycles. The van der Waals surface area contributed by atoms with Gasteiger partial charge < -0.3 is 4.90 Å². The summed E-state index contributed by atoms with van der Waals surface area (Å²) in [6, 6.07) is 5.80. The number of nitrogens with zero attached hydrogens (tertiary/aromatic N) is 3. The molecule has 1 aliphatic rings. The summed E-state index contributed by atoms with van der Waals surface area (Å²) in [5.41, 5.74) is 0.589. The number of carbonyl (C=O) groups excluding carboxylic acids is 1. The lowest BCUT2D eigenvalue weighted by molar-refractivity contribution is 0.0844. The van der Waals surface area contributed by atoms with Gasteiger partial charge in [0.25, 0.3) is 0 Å². The summed E-state index contributed by atoms with van der Waals surface area (Å²) in [5.74, 6) is -0.238. The average Bonchev–Trinajstić information content (AvgIpc) is 2.47. The minimum absolute atomic E-state index is 0.0664. The molecule has 0 aliphatic carbocycles. The molecule has 0 saturated carbocycles. The molecular formula is C16H24FN3O. The molecule has 1 saturated heterocycles. The number of rotatable bonds is 6. The zero-order valence-electron chi connectivity index (χ0n) is 12.9. The number of benzene rings is 1.